The van der Waals surface area contributed by atoms with E-state index in [0.29, 0.717) is 0 Å². The van der Waals surface area contributed by atoms with E-state index in [9.17, 15) is 0 Å². The maximum atomic E-state index is 6.45. The summed E-state index contributed by atoms with van der Waals surface area (Å²) in [5, 5.41) is 2.58. The predicted molar refractivity (Wildman–Crippen MR) is 127 cm³/mol. The van der Waals surface area contributed by atoms with Crippen LogP contribution in [0.25, 0.3) is 10.8 Å². The van der Waals surface area contributed by atoms with Crippen molar-refractivity contribution in [2.45, 2.75) is 38.3 Å². The summed E-state index contributed by atoms with van der Waals surface area (Å²) in [5.41, 5.74) is 2.65. The molecule has 1 aliphatic rings. The molecule has 0 aliphatic carbocycles. The zero-order chi connectivity index (χ0) is 20.9. The Labute approximate surface area is 184 Å². The fraction of sp³-hybridized carbons (Fsp3) is 0.296. The second-order valence-corrected chi connectivity index (χ2v) is 8.41. The molecule has 0 radical (unpaired) electrons. The molecule has 2 heterocycles. The minimum Gasteiger partial charge on any atom is -0.489 e. The first kappa shape index (κ1) is 19.7. The Hall–Kier alpha value is -3.27. The van der Waals surface area contributed by atoms with Gasteiger partial charge >= 0.3 is 0 Å². The highest BCUT2D eigenvalue weighted by molar-refractivity contribution is 5.82. The number of anilines is 1. The van der Waals surface area contributed by atoms with Gasteiger partial charge < -0.3 is 14.2 Å². The number of imidazole rings is 1. The van der Waals surface area contributed by atoms with E-state index in [4.69, 9.17) is 4.74 Å². The molecule has 1 atom stereocenters. The normalized spacial score (nSPS) is 14.8. The summed E-state index contributed by atoms with van der Waals surface area (Å²) >= 11 is 0. The van der Waals surface area contributed by atoms with Gasteiger partial charge in [-0.05, 0) is 66.3 Å². The van der Waals surface area contributed by atoms with E-state index in [1.54, 1.807) is 0 Å². The van der Waals surface area contributed by atoms with Gasteiger partial charge in [-0.1, -0.05) is 42.5 Å². The molecule has 1 unspecified atom stereocenters. The molecule has 158 valence electrons. The number of aryl methyl sites for hydroxylation is 1. The number of nitrogens with zero attached hydrogens (tertiary/aromatic N) is 3. The number of aromatic nitrogens is 2. The third-order valence-electron chi connectivity index (χ3n) is 6.15. The van der Waals surface area contributed by atoms with Gasteiger partial charge in [-0.3, -0.25) is 0 Å². The van der Waals surface area contributed by atoms with Crippen LogP contribution in [0.4, 0.5) is 5.69 Å². The van der Waals surface area contributed by atoms with Gasteiger partial charge in [0.2, 0.25) is 0 Å². The Morgan fingerprint density at radius 2 is 1.71 bits per heavy atom. The van der Waals surface area contributed by atoms with Crippen molar-refractivity contribution in [2.75, 3.05) is 18.0 Å². The van der Waals surface area contributed by atoms with Crippen molar-refractivity contribution >= 4 is 16.5 Å². The van der Waals surface area contributed by atoms with Crippen molar-refractivity contribution in [3.8, 4) is 5.75 Å². The average molecular weight is 412 g/mol. The summed E-state index contributed by atoms with van der Waals surface area (Å²) in [6.45, 7) is 3.12. The molecule has 1 saturated heterocycles. The van der Waals surface area contributed by atoms with E-state index in [1.807, 2.05) is 18.7 Å². The second kappa shape index (κ2) is 9.25. The monoisotopic (exact) mass is 411 g/mol. The Kier molecular flexibility index (Phi) is 5.87. The maximum Gasteiger partial charge on any atom is 0.119 e. The quantitative estimate of drug-likeness (QED) is 0.372. The van der Waals surface area contributed by atoms with Gasteiger partial charge in [-0.2, -0.15) is 0 Å². The standard InChI is InChI=1S/C27H29N3O/c1-2-6-24-19-22(7-9-23(24)5-1)8-12-27(20-29-18-15-28-21-29)31-26-13-10-25(11-14-26)30-16-3-4-17-30/h1-2,5-7,9-11,13-15,18-19,21,27H,3-4,8,12,16-17,20H2. The predicted octanol–water partition coefficient (Wildman–Crippen LogP) is 5.72. The zero-order valence-electron chi connectivity index (χ0n) is 17.9. The molecular weight excluding hydrogens is 382 g/mol. The molecule has 4 nitrogen and oxygen atoms in total. The van der Waals surface area contributed by atoms with Crippen molar-refractivity contribution in [3.63, 3.8) is 0 Å². The van der Waals surface area contributed by atoms with Gasteiger partial charge in [-0.15, -0.1) is 0 Å². The van der Waals surface area contributed by atoms with Crippen LogP contribution in [-0.4, -0.2) is 28.7 Å². The molecule has 0 spiro atoms. The largest absolute Gasteiger partial charge is 0.489 e. The van der Waals surface area contributed by atoms with Gasteiger partial charge in [0.15, 0.2) is 0 Å². The fourth-order valence-electron chi connectivity index (χ4n) is 4.44. The molecule has 3 aromatic carbocycles. The van der Waals surface area contributed by atoms with Crippen molar-refractivity contribution < 1.29 is 4.74 Å². The molecule has 4 heteroatoms. The molecule has 1 aliphatic heterocycles. The molecule has 0 saturated carbocycles. The molecule has 0 amide bonds. The lowest BCUT2D eigenvalue weighted by atomic mass is 10.0. The Balaban J connectivity index is 1.28. The van der Waals surface area contributed by atoms with Gasteiger partial charge in [0.05, 0.1) is 12.9 Å². The van der Waals surface area contributed by atoms with E-state index in [-0.39, 0.29) is 6.10 Å². The highest BCUT2D eigenvalue weighted by Gasteiger charge is 2.15. The fourth-order valence-corrected chi connectivity index (χ4v) is 4.44. The van der Waals surface area contributed by atoms with Gasteiger partial charge in [-0.25, -0.2) is 4.98 Å². The van der Waals surface area contributed by atoms with Crippen LogP contribution in [0, 0.1) is 0 Å². The second-order valence-electron chi connectivity index (χ2n) is 8.41. The Morgan fingerprint density at radius 3 is 2.48 bits per heavy atom. The van der Waals surface area contributed by atoms with Gasteiger partial charge in [0, 0.05) is 31.2 Å². The summed E-state index contributed by atoms with van der Waals surface area (Å²) < 4.78 is 8.55. The van der Waals surface area contributed by atoms with Crippen molar-refractivity contribution in [1.29, 1.82) is 0 Å². The van der Waals surface area contributed by atoms with Crippen LogP contribution in [-0.2, 0) is 13.0 Å². The lowest BCUT2D eigenvalue weighted by Gasteiger charge is -2.21. The van der Waals surface area contributed by atoms with E-state index in [1.165, 1.54) is 34.9 Å². The van der Waals surface area contributed by atoms with E-state index < -0.39 is 0 Å². The van der Waals surface area contributed by atoms with Crippen LogP contribution in [0.1, 0.15) is 24.8 Å². The van der Waals surface area contributed by atoms with Crippen LogP contribution in [0.3, 0.4) is 0 Å². The topological polar surface area (TPSA) is 30.3 Å². The van der Waals surface area contributed by atoms with Crippen LogP contribution < -0.4 is 9.64 Å². The van der Waals surface area contributed by atoms with Gasteiger partial charge in [0.25, 0.3) is 0 Å². The molecule has 1 aromatic heterocycles. The van der Waals surface area contributed by atoms with E-state index in [2.05, 4.69) is 81.2 Å². The number of hydrogen-bond acceptors (Lipinski definition) is 3. The highest BCUT2D eigenvalue weighted by atomic mass is 16.5. The smallest absolute Gasteiger partial charge is 0.119 e. The third-order valence-corrected chi connectivity index (χ3v) is 6.15. The van der Waals surface area contributed by atoms with Crippen LogP contribution in [0.2, 0.25) is 0 Å². The van der Waals surface area contributed by atoms with Crippen LogP contribution in [0.15, 0.2) is 85.5 Å². The Morgan fingerprint density at radius 1 is 0.903 bits per heavy atom. The number of fused-ring (bicyclic) bond motifs is 1. The molecule has 1 fully saturated rings. The lowest BCUT2D eigenvalue weighted by Crippen LogP contribution is -2.23. The highest BCUT2D eigenvalue weighted by Crippen LogP contribution is 2.25. The molecular formula is C27H29N3O. The van der Waals surface area contributed by atoms with Gasteiger partial charge in [0.1, 0.15) is 11.9 Å². The molecule has 5 rings (SSSR count). The van der Waals surface area contributed by atoms with Crippen LogP contribution >= 0.6 is 0 Å². The SMILES string of the molecule is c1ccc2cc(CCC(Cn3ccnc3)Oc3ccc(N4CCCC4)cc3)ccc2c1. The first-order chi connectivity index (χ1) is 15.3. The summed E-state index contributed by atoms with van der Waals surface area (Å²) in [6, 6.07) is 23.9. The summed E-state index contributed by atoms with van der Waals surface area (Å²) in [4.78, 5) is 6.64. The molecule has 0 N–H and O–H groups in total. The van der Waals surface area contributed by atoms with Crippen molar-refractivity contribution in [1.82, 2.24) is 9.55 Å². The first-order valence-corrected chi connectivity index (χ1v) is 11.3. The minimum atomic E-state index is 0.0818. The number of ether oxygens (including phenoxy) is 1. The van der Waals surface area contributed by atoms with E-state index in [0.717, 1.165) is 38.2 Å². The minimum absolute atomic E-state index is 0.0818. The maximum absolute atomic E-state index is 6.45. The average Bonchev–Trinajstić information content (AvgIpc) is 3.52. The first-order valence-electron chi connectivity index (χ1n) is 11.3. The molecule has 0 bridgehead atoms. The summed E-state index contributed by atoms with van der Waals surface area (Å²) in [5.74, 6) is 0.937. The number of rotatable bonds is 8. The number of hydrogen-bond donors (Lipinski definition) is 0. The third kappa shape index (κ3) is 4.91. The van der Waals surface area contributed by atoms with Crippen molar-refractivity contribution in [2.24, 2.45) is 0 Å². The lowest BCUT2D eigenvalue weighted by molar-refractivity contribution is 0.170. The summed E-state index contributed by atoms with van der Waals surface area (Å²) in [6.07, 6.45) is 10.3. The zero-order valence-corrected chi connectivity index (χ0v) is 17.9. The molecule has 31 heavy (non-hydrogen) atoms. The molecule has 4 aromatic rings. The van der Waals surface area contributed by atoms with E-state index >= 15 is 0 Å². The summed E-state index contributed by atoms with van der Waals surface area (Å²) in [7, 11) is 0. The van der Waals surface area contributed by atoms with Crippen LogP contribution in [0.5, 0.6) is 5.75 Å². The van der Waals surface area contributed by atoms with Crippen molar-refractivity contribution in [3.05, 3.63) is 91.0 Å². The number of benzene rings is 3. The Bertz CT molecular complexity index is 1100.